The van der Waals surface area contributed by atoms with E-state index in [0.29, 0.717) is 52.2 Å². The second kappa shape index (κ2) is 9.50. The number of pyridine rings is 1. The van der Waals surface area contributed by atoms with Crippen molar-refractivity contribution in [2.75, 3.05) is 6.54 Å². The zero-order chi connectivity index (χ0) is 25.4. The van der Waals surface area contributed by atoms with Gasteiger partial charge in [-0.15, -0.1) is 0 Å². The number of carbonyl (C=O) groups is 1. The van der Waals surface area contributed by atoms with E-state index in [1.807, 2.05) is 18.2 Å². The molecule has 2 atom stereocenters. The van der Waals surface area contributed by atoms with Crippen molar-refractivity contribution in [2.24, 2.45) is 11.8 Å². The Morgan fingerprint density at radius 1 is 1.33 bits per heavy atom. The molecule has 1 amide bonds. The van der Waals surface area contributed by atoms with Crippen LogP contribution in [0.4, 0.5) is 14.5 Å². The van der Waals surface area contributed by atoms with Gasteiger partial charge in [0.2, 0.25) is 11.6 Å². The van der Waals surface area contributed by atoms with E-state index in [0.717, 1.165) is 24.1 Å². The zero-order valence-electron chi connectivity index (χ0n) is 19.4. The minimum atomic E-state index is -2.93. The fourth-order valence-corrected chi connectivity index (χ4v) is 5.13. The standard InChI is InChI=1S/C25H22BrF2N7O/c1-25(27,28)13-32-24(36)16-6-5-14(8-16)9-20-31-12-18-22(26)34-35(23(18)33-20)17-10-15-4-3-7-30-21(15)19(11-17)29-2/h3-4,7,10-12,14,16H,5-6,8-9,13H2,1H3,(H,32,36)/t14-,16-/m1/s1. The summed E-state index contributed by atoms with van der Waals surface area (Å²) >= 11 is 3.48. The Kier molecular flexibility index (Phi) is 6.38. The van der Waals surface area contributed by atoms with Crippen LogP contribution < -0.4 is 5.32 Å². The van der Waals surface area contributed by atoms with Gasteiger partial charge in [-0.1, -0.05) is 6.07 Å². The molecule has 1 fully saturated rings. The van der Waals surface area contributed by atoms with E-state index in [1.54, 1.807) is 23.1 Å². The smallest absolute Gasteiger partial charge is 0.262 e. The van der Waals surface area contributed by atoms with Gasteiger partial charge in [0.15, 0.2) is 5.65 Å². The predicted molar refractivity (Wildman–Crippen MR) is 134 cm³/mol. The Balaban J connectivity index is 1.39. The summed E-state index contributed by atoms with van der Waals surface area (Å²) < 4.78 is 28.4. The number of carbonyl (C=O) groups excluding carboxylic acids is 1. The van der Waals surface area contributed by atoms with E-state index in [9.17, 15) is 13.6 Å². The summed E-state index contributed by atoms with van der Waals surface area (Å²) in [6.45, 7) is 7.71. The van der Waals surface area contributed by atoms with Crippen molar-refractivity contribution < 1.29 is 13.6 Å². The Morgan fingerprint density at radius 3 is 2.94 bits per heavy atom. The normalized spacial score (nSPS) is 18.0. The summed E-state index contributed by atoms with van der Waals surface area (Å²) in [7, 11) is 0. The summed E-state index contributed by atoms with van der Waals surface area (Å²) in [6, 6.07) is 7.37. The van der Waals surface area contributed by atoms with E-state index >= 15 is 0 Å². The molecular weight excluding hydrogens is 532 g/mol. The third kappa shape index (κ3) is 4.91. The second-order valence-electron chi connectivity index (χ2n) is 9.25. The maximum Gasteiger partial charge on any atom is 0.262 e. The number of nitrogens with zero attached hydrogens (tertiary/aromatic N) is 6. The third-order valence-electron chi connectivity index (χ3n) is 6.42. The SMILES string of the molecule is [C-]#[N+]c1cc(-n2nc(Br)c3cnc(C[C@@H]4CC[C@@H](C(=O)NCC(C)(F)F)C4)nc32)cc2cccnc12. The van der Waals surface area contributed by atoms with Gasteiger partial charge < -0.3 is 5.32 Å². The van der Waals surface area contributed by atoms with Crippen LogP contribution in [0.15, 0.2) is 41.3 Å². The highest BCUT2D eigenvalue weighted by Gasteiger charge is 2.32. The number of halogens is 3. The van der Waals surface area contributed by atoms with Gasteiger partial charge in [0.25, 0.3) is 5.92 Å². The molecule has 1 aromatic carbocycles. The first-order valence-corrected chi connectivity index (χ1v) is 12.3. The summed E-state index contributed by atoms with van der Waals surface area (Å²) in [4.78, 5) is 29.5. The van der Waals surface area contributed by atoms with Crippen LogP contribution in [0, 0.1) is 18.4 Å². The maximum absolute atomic E-state index is 13.1. The lowest BCUT2D eigenvalue weighted by molar-refractivity contribution is -0.126. The fraction of sp³-hybridized carbons (Fsp3) is 0.360. The molecule has 0 aliphatic heterocycles. The number of fused-ring (bicyclic) bond motifs is 2. The number of hydrogen-bond donors (Lipinski definition) is 1. The molecule has 1 aliphatic carbocycles. The average Bonchev–Trinajstić information content (AvgIpc) is 3.45. The van der Waals surface area contributed by atoms with Crippen LogP contribution in [0.5, 0.6) is 0 Å². The maximum atomic E-state index is 13.1. The van der Waals surface area contributed by atoms with Crippen molar-refractivity contribution in [3.63, 3.8) is 0 Å². The van der Waals surface area contributed by atoms with Crippen LogP contribution in [-0.2, 0) is 11.2 Å². The Labute approximate surface area is 214 Å². The van der Waals surface area contributed by atoms with Crippen LogP contribution in [-0.4, -0.2) is 43.1 Å². The number of nitrogens with one attached hydrogen (secondary N) is 1. The van der Waals surface area contributed by atoms with E-state index in [2.05, 4.69) is 41.2 Å². The van der Waals surface area contributed by atoms with Gasteiger partial charge in [0.05, 0.1) is 29.7 Å². The van der Waals surface area contributed by atoms with E-state index in [1.165, 1.54) is 0 Å². The van der Waals surface area contributed by atoms with Gasteiger partial charge in [0.1, 0.15) is 10.4 Å². The molecule has 3 aromatic heterocycles. The van der Waals surface area contributed by atoms with Crippen LogP contribution in [0.1, 0.15) is 32.0 Å². The van der Waals surface area contributed by atoms with Crippen LogP contribution in [0.25, 0.3) is 32.5 Å². The van der Waals surface area contributed by atoms with Crippen molar-refractivity contribution in [3.8, 4) is 5.69 Å². The van der Waals surface area contributed by atoms with Gasteiger partial charge in [0, 0.05) is 31.7 Å². The first-order valence-electron chi connectivity index (χ1n) is 11.5. The first-order chi connectivity index (χ1) is 17.2. The molecule has 0 radical (unpaired) electrons. The van der Waals surface area contributed by atoms with E-state index in [-0.39, 0.29) is 17.7 Å². The highest BCUT2D eigenvalue weighted by atomic mass is 79.9. The van der Waals surface area contributed by atoms with E-state index in [4.69, 9.17) is 11.6 Å². The van der Waals surface area contributed by atoms with Crippen molar-refractivity contribution in [1.29, 1.82) is 0 Å². The number of rotatable bonds is 6. The number of amides is 1. The van der Waals surface area contributed by atoms with Crippen molar-refractivity contribution in [2.45, 2.75) is 38.5 Å². The minimum absolute atomic E-state index is 0.181. The zero-order valence-corrected chi connectivity index (χ0v) is 21.0. The number of benzene rings is 1. The molecule has 4 aromatic rings. The molecule has 1 aliphatic rings. The van der Waals surface area contributed by atoms with Gasteiger partial charge >= 0.3 is 0 Å². The van der Waals surface area contributed by atoms with Crippen LogP contribution in [0.3, 0.4) is 0 Å². The summed E-state index contributed by atoms with van der Waals surface area (Å²) in [5.41, 5.74) is 2.34. The second-order valence-corrected chi connectivity index (χ2v) is 10.00. The topological polar surface area (TPSA) is 90.0 Å². The molecule has 1 N–H and O–H groups in total. The monoisotopic (exact) mass is 553 g/mol. The molecule has 11 heteroatoms. The molecule has 0 unspecified atom stereocenters. The molecular formula is C25H22BrF2N7O. The molecule has 3 heterocycles. The molecule has 0 bridgehead atoms. The highest BCUT2D eigenvalue weighted by Crippen LogP contribution is 2.34. The van der Waals surface area contributed by atoms with Crippen molar-refractivity contribution >= 4 is 49.5 Å². The van der Waals surface area contributed by atoms with Crippen LogP contribution in [0.2, 0.25) is 0 Å². The average molecular weight is 554 g/mol. The summed E-state index contributed by atoms with van der Waals surface area (Å²) in [5.74, 6) is -2.72. The lowest BCUT2D eigenvalue weighted by atomic mass is 10.0. The largest absolute Gasteiger partial charge is 0.350 e. The van der Waals surface area contributed by atoms with Crippen LogP contribution >= 0.6 is 15.9 Å². The molecule has 1 saturated carbocycles. The summed E-state index contributed by atoms with van der Waals surface area (Å²) in [5, 5.41) is 8.50. The van der Waals surface area contributed by atoms with Crippen molar-refractivity contribution in [3.05, 3.63) is 58.5 Å². The van der Waals surface area contributed by atoms with Gasteiger partial charge in [-0.05, 0) is 64.7 Å². The highest BCUT2D eigenvalue weighted by molar-refractivity contribution is 9.10. The Bertz CT molecular complexity index is 1510. The minimum Gasteiger partial charge on any atom is -0.350 e. The molecule has 5 rings (SSSR count). The Hall–Kier alpha value is -3.52. The number of aromatic nitrogens is 5. The molecule has 0 saturated heterocycles. The predicted octanol–water partition coefficient (Wildman–Crippen LogP) is 5.41. The Morgan fingerprint density at radius 2 is 2.17 bits per heavy atom. The number of alkyl halides is 2. The first kappa shape index (κ1) is 24.2. The van der Waals surface area contributed by atoms with Crippen molar-refractivity contribution in [1.82, 2.24) is 30.0 Å². The molecule has 8 nitrogen and oxygen atoms in total. The lowest BCUT2D eigenvalue weighted by Crippen LogP contribution is -2.37. The lowest BCUT2D eigenvalue weighted by Gasteiger charge is -2.15. The fourth-order valence-electron chi connectivity index (χ4n) is 4.69. The quantitative estimate of drug-likeness (QED) is 0.322. The third-order valence-corrected chi connectivity index (χ3v) is 7.01. The summed E-state index contributed by atoms with van der Waals surface area (Å²) in [6.07, 6.45) is 6.01. The van der Waals surface area contributed by atoms with Gasteiger partial charge in [-0.25, -0.2) is 28.3 Å². The number of hydrogen-bond acceptors (Lipinski definition) is 5. The van der Waals surface area contributed by atoms with Gasteiger partial charge in [-0.2, -0.15) is 5.10 Å². The van der Waals surface area contributed by atoms with Gasteiger partial charge in [-0.3, -0.25) is 9.78 Å². The van der Waals surface area contributed by atoms with E-state index < -0.39 is 12.5 Å². The molecule has 0 spiro atoms. The molecule has 184 valence electrons. The molecule has 36 heavy (non-hydrogen) atoms.